The standard InChI is InChI=1S/C18H19N3O3/c1-5-24-18(23)15-7-14-6-13(16-9-20(4)10-19-16)8-21(14)17(11(15)2)12(3)22/h6-10H,5H2,1-4H3. The summed E-state index contributed by atoms with van der Waals surface area (Å²) in [5, 5.41) is 0. The molecule has 0 saturated carbocycles. The van der Waals surface area contributed by atoms with E-state index in [2.05, 4.69) is 4.98 Å². The van der Waals surface area contributed by atoms with Crippen molar-refractivity contribution in [2.45, 2.75) is 20.8 Å². The summed E-state index contributed by atoms with van der Waals surface area (Å²) < 4.78 is 8.78. The summed E-state index contributed by atoms with van der Waals surface area (Å²) in [5.74, 6) is -0.521. The Kier molecular flexibility index (Phi) is 3.97. The normalized spacial score (nSPS) is 11.0. The van der Waals surface area contributed by atoms with Gasteiger partial charge in [-0.3, -0.25) is 4.79 Å². The Morgan fingerprint density at radius 1 is 1.25 bits per heavy atom. The minimum atomic E-state index is -0.416. The minimum Gasteiger partial charge on any atom is -0.462 e. The Balaban J connectivity index is 2.25. The van der Waals surface area contributed by atoms with Gasteiger partial charge in [0.25, 0.3) is 0 Å². The van der Waals surface area contributed by atoms with Gasteiger partial charge >= 0.3 is 5.97 Å². The number of aryl methyl sites for hydroxylation is 1. The van der Waals surface area contributed by atoms with E-state index in [9.17, 15) is 9.59 Å². The summed E-state index contributed by atoms with van der Waals surface area (Å²) in [7, 11) is 1.90. The Morgan fingerprint density at radius 2 is 2.00 bits per heavy atom. The number of hydrogen-bond donors (Lipinski definition) is 0. The van der Waals surface area contributed by atoms with Crippen LogP contribution in [0.1, 0.15) is 40.3 Å². The first kappa shape index (κ1) is 16.0. The largest absolute Gasteiger partial charge is 0.462 e. The van der Waals surface area contributed by atoms with Crippen molar-refractivity contribution in [2.75, 3.05) is 6.61 Å². The summed E-state index contributed by atoms with van der Waals surface area (Å²) in [6.07, 6.45) is 5.50. The van der Waals surface area contributed by atoms with Crippen molar-refractivity contribution in [2.24, 2.45) is 7.05 Å². The monoisotopic (exact) mass is 325 g/mol. The van der Waals surface area contributed by atoms with Crippen molar-refractivity contribution in [3.8, 4) is 11.3 Å². The Hall–Kier alpha value is -2.89. The fraction of sp³-hybridized carbons (Fsp3) is 0.278. The summed E-state index contributed by atoms with van der Waals surface area (Å²) in [4.78, 5) is 28.7. The van der Waals surface area contributed by atoms with E-state index in [1.54, 1.807) is 26.2 Å². The average Bonchev–Trinajstić information content (AvgIpc) is 3.12. The van der Waals surface area contributed by atoms with Crippen molar-refractivity contribution in [1.29, 1.82) is 0 Å². The van der Waals surface area contributed by atoms with Gasteiger partial charge in [-0.1, -0.05) is 0 Å². The van der Waals surface area contributed by atoms with Crippen LogP contribution in [0.4, 0.5) is 0 Å². The molecular formula is C18H19N3O3. The van der Waals surface area contributed by atoms with Crippen LogP contribution in [0.15, 0.2) is 30.9 Å². The molecule has 0 aromatic carbocycles. The van der Waals surface area contributed by atoms with Crippen molar-refractivity contribution in [3.63, 3.8) is 0 Å². The van der Waals surface area contributed by atoms with Crippen molar-refractivity contribution < 1.29 is 14.3 Å². The molecule has 0 fully saturated rings. The van der Waals surface area contributed by atoms with Crippen LogP contribution in [0, 0.1) is 6.92 Å². The van der Waals surface area contributed by atoms with E-state index in [4.69, 9.17) is 4.74 Å². The summed E-state index contributed by atoms with van der Waals surface area (Å²) in [5.41, 5.74) is 3.98. The van der Waals surface area contributed by atoms with E-state index >= 15 is 0 Å². The second kappa shape index (κ2) is 5.96. The second-order valence-corrected chi connectivity index (χ2v) is 5.76. The fourth-order valence-corrected chi connectivity index (χ4v) is 2.91. The predicted octanol–water partition coefficient (Wildman–Crippen LogP) is 3.03. The summed E-state index contributed by atoms with van der Waals surface area (Å²) >= 11 is 0. The van der Waals surface area contributed by atoms with Gasteiger partial charge in [0.1, 0.15) is 0 Å². The fourth-order valence-electron chi connectivity index (χ4n) is 2.91. The van der Waals surface area contributed by atoms with Gasteiger partial charge in [0, 0.05) is 37.4 Å². The molecule has 124 valence electrons. The van der Waals surface area contributed by atoms with Gasteiger partial charge in [-0.2, -0.15) is 0 Å². The highest BCUT2D eigenvalue weighted by Gasteiger charge is 2.20. The van der Waals surface area contributed by atoms with Crippen LogP contribution in [0.2, 0.25) is 0 Å². The highest BCUT2D eigenvalue weighted by Crippen LogP contribution is 2.26. The van der Waals surface area contributed by atoms with Crippen molar-refractivity contribution in [1.82, 2.24) is 14.0 Å². The predicted molar refractivity (Wildman–Crippen MR) is 90.3 cm³/mol. The molecule has 0 aliphatic heterocycles. The molecule has 3 heterocycles. The van der Waals surface area contributed by atoms with Gasteiger partial charge in [0.2, 0.25) is 0 Å². The molecule has 6 heteroatoms. The quantitative estimate of drug-likeness (QED) is 0.546. The molecule has 0 spiro atoms. The van der Waals surface area contributed by atoms with Crippen LogP contribution in [-0.4, -0.2) is 32.3 Å². The average molecular weight is 325 g/mol. The van der Waals surface area contributed by atoms with Crippen LogP contribution in [0.5, 0.6) is 0 Å². The number of esters is 1. The number of Topliss-reactive ketones (excluding diaryl/α,β-unsaturated/α-hetero) is 1. The number of ketones is 1. The highest BCUT2D eigenvalue weighted by atomic mass is 16.5. The summed E-state index contributed by atoms with van der Waals surface area (Å²) in [6, 6.07) is 3.67. The number of ether oxygens (including phenoxy) is 1. The van der Waals surface area contributed by atoms with Gasteiger partial charge in [-0.05, 0) is 31.5 Å². The number of aromatic nitrogens is 3. The molecule has 0 amide bonds. The maximum Gasteiger partial charge on any atom is 0.338 e. The molecule has 0 bridgehead atoms. The molecule has 0 unspecified atom stereocenters. The smallest absolute Gasteiger partial charge is 0.338 e. The van der Waals surface area contributed by atoms with Gasteiger partial charge in [0.05, 0.1) is 29.9 Å². The van der Waals surface area contributed by atoms with E-state index in [0.717, 1.165) is 16.8 Å². The third kappa shape index (κ3) is 2.60. The zero-order chi connectivity index (χ0) is 17.4. The molecule has 0 saturated heterocycles. The molecule has 3 aromatic rings. The zero-order valence-electron chi connectivity index (χ0n) is 14.2. The topological polar surface area (TPSA) is 65.6 Å². The van der Waals surface area contributed by atoms with Crippen LogP contribution >= 0.6 is 0 Å². The SMILES string of the molecule is CCOC(=O)c1cc2cc(-c3cn(C)cn3)cn2c(C(C)=O)c1C. The first-order valence-corrected chi connectivity index (χ1v) is 7.74. The maximum absolute atomic E-state index is 12.2. The van der Waals surface area contributed by atoms with Crippen molar-refractivity contribution in [3.05, 3.63) is 47.7 Å². The van der Waals surface area contributed by atoms with Crippen molar-refractivity contribution >= 4 is 17.3 Å². The number of imidazole rings is 1. The number of rotatable bonds is 4. The first-order valence-electron chi connectivity index (χ1n) is 7.74. The lowest BCUT2D eigenvalue weighted by Gasteiger charge is -2.12. The van der Waals surface area contributed by atoms with Gasteiger partial charge in [-0.25, -0.2) is 9.78 Å². The van der Waals surface area contributed by atoms with E-state index in [1.165, 1.54) is 6.92 Å². The third-order valence-electron chi connectivity index (χ3n) is 3.97. The number of hydrogen-bond acceptors (Lipinski definition) is 4. The number of nitrogens with zero attached hydrogens (tertiary/aromatic N) is 3. The third-order valence-corrected chi connectivity index (χ3v) is 3.97. The number of fused-ring (bicyclic) bond motifs is 1. The lowest BCUT2D eigenvalue weighted by molar-refractivity contribution is 0.0525. The molecule has 0 aliphatic rings. The van der Waals surface area contributed by atoms with E-state index in [0.29, 0.717) is 23.4 Å². The van der Waals surface area contributed by atoms with E-state index in [1.807, 2.05) is 34.5 Å². The first-order chi connectivity index (χ1) is 11.4. The van der Waals surface area contributed by atoms with Gasteiger partial charge < -0.3 is 13.7 Å². The van der Waals surface area contributed by atoms with E-state index < -0.39 is 5.97 Å². The number of carbonyl (C=O) groups is 2. The van der Waals surface area contributed by atoms with Gasteiger partial charge in [0.15, 0.2) is 5.78 Å². The second-order valence-electron chi connectivity index (χ2n) is 5.76. The van der Waals surface area contributed by atoms with E-state index in [-0.39, 0.29) is 5.78 Å². The molecule has 0 aliphatic carbocycles. The molecule has 24 heavy (non-hydrogen) atoms. The molecule has 0 N–H and O–H groups in total. The van der Waals surface area contributed by atoms with Gasteiger partial charge in [-0.15, -0.1) is 0 Å². The summed E-state index contributed by atoms with van der Waals surface area (Å²) in [6.45, 7) is 5.31. The molecule has 3 rings (SSSR count). The number of carbonyl (C=O) groups excluding carboxylic acids is 2. The number of pyridine rings is 1. The zero-order valence-corrected chi connectivity index (χ0v) is 14.2. The van der Waals surface area contributed by atoms with Crippen LogP contribution in [-0.2, 0) is 11.8 Å². The molecule has 0 radical (unpaired) electrons. The molecule has 0 atom stereocenters. The van der Waals surface area contributed by atoms with Crippen LogP contribution < -0.4 is 0 Å². The minimum absolute atomic E-state index is 0.105. The highest BCUT2D eigenvalue weighted by molar-refractivity contribution is 6.01. The molecular weight excluding hydrogens is 306 g/mol. The molecule has 3 aromatic heterocycles. The Morgan fingerprint density at radius 3 is 2.58 bits per heavy atom. The Bertz CT molecular complexity index is 950. The lowest BCUT2D eigenvalue weighted by Crippen LogP contribution is -2.13. The molecule has 6 nitrogen and oxygen atoms in total. The van der Waals surface area contributed by atoms with Crippen LogP contribution in [0.25, 0.3) is 16.8 Å². The van der Waals surface area contributed by atoms with Crippen LogP contribution in [0.3, 0.4) is 0 Å². The Labute approximate surface area is 139 Å². The maximum atomic E-state index is 12.2. The lowest BCUT2D eigenvalue weighted by atomic mass is 10.0.